The van der Waals surface area contributed by atoms with Gasteiger partial charge in [-0.05, 0) is 11.4 Å². The first-order chi connectivity index (χ1) is 5.25. The van der Waals surface area contributed by atoms with E-state index in [1.807, 2.05) is 0 Å². The second kappa shape index (κ2) is 2.21. The van der Waals surface area contributed by atoms with Gasteiger partial charge >= 0.3 is 0 Å². The van der Waals surface area contributed by atoms with E-state index < -0.39 is 0 Å². The zero-order valence-electron chi connectivity index (χ0n) is 5.33. The maximum atomic E-state index is 12.3. The molecule has 0 amide bonds. The molecule has 0 radical (unpaired) electrons. The van der Waals surface area contributed by atoms with Gasteiger partial charge in [0.1, 0.15) is 0 Å². The summed E-state index contributed by atoms with van der Waals surface area (Å²) in [4.78, 5) is 0. The standard InChI is InChI=1S/C5H4ClFN4/c6-4-1-2-10-5(3-4)8-11(7)9-10/h1-3,9H. The van der Waals surface area contributed by atoms with Crippen molar-refractivity contribution in [3.05, 3.63) is 23.4 Å². The Morgan fingerprint density at radius 2 is 2.45 bits per heavy atom. The van der Waals surface area contributed by atoms with Crippen molar-refractivity contribution in [2.45, 2.75) is 0 Å². The van der Waals surface area contributed by atoms with E-state index in [0.29, 0.717) is 10.9 Å². The molecule has 0 bridgehead atoms. The first-order valence-corrected chi connectivity index (χ1v) is 3.29. The smallest absolute Gasteiger partial charge is 0.174 e. The summed E-state index contributed by atoms with van der Waals surface area (Å²) in [5.74, 6) is 0.431. The average Bonchev–Trinajstić information content (AvgIpc) is 2.27. The van der Waals surface area contributed by atoms with Gasteiger partial charge in [0.15, 0.2) is 5.84 Å². The van der Waals surface area contributed by atoms with Gasteiger partial charge in [-0.2, -0.15) is 0 Å². The molecule has 2 aliphatic rings. The van der Waals surface area contributed by atoms with E-state index >= 15 is 0 Å². The number of nitrogens with zero attached hydrogens (tertiary/aromatic N) is 3. The Labute approximate surface area is 67.1 Å². The minimum atomic E-state index is 0.117. The van der Waals surface area contributed by atoms with Crippen LogP contribution < -0.4 is 5.53 Å². The van der Waals surface area contributed by atoms with E-state index in [-0.39, 0.29) is 5.34 Å². The molecule has 2 aliphatic heterocycles. The molecule has 0 unspecified atom stereocenters. The first kappa shape index (κ1) is 6.63. The van der Waals surface area contributed by atoms with Gasteiger partial charge in [0, 0.05) is 17.3 Å². The van der Waals surface area contributed by atoms with Gasteiger partial charge < -0.3 is 0 Å². The van der Waals surface area contributed by atoms with Crippen molar-refractivity contribution in [1.82, 2.24) is 15.9 Å². The molecule has 0 aliphatic carbocycles. The van der Waals surface area contributed by atoms with Crippen LogP contribution in [0.4, 0.5) is 4.48 Å². The average molecular weight is 175 g/mol. The SMILES string of the molecule is FN1N=C2C=C(Cl)C=CN2N1. The normalized spacial score (nSPS) is 21.6. The zero-order chi connectivity index (χ0) is 7.84. The third kappa shape index (κ3) is 1.08. The predicted molar refractivity (Wildman–Crippen MR) is 38.4 cm³/mol. The van der Waals surface area contributed by atoms with Crippen molar-refractivity contribution in [2.24, 2.45) is 5.10 Å². The Balaban J connectivity index is 2.31. The van der Waals surface area contributed by atoms with Crippen molar-refractivity contribution < 1.29 is 4.48 Å². The van der Waals surface area contributed by atoms with Gasteiger partial charge in [-0.15, -0.1) is 5.10 Å². The van der Waals surface area contributed by atoms with E-state index in [0.717, 1.165) is 0 Å². The van der Waals surface area contributed by atoms with Crippen LogP contribution in [-0.2, 0) is 0 Å². The van der Waals surface area contributed by atoms with Crippen LogP contribution in [0.3, 0.4) is 0 Å². The highest BCUT2D eigenvalue weighted by Crippen LogP contribution is 2.15. The minimum Gasteiger partial charge on any atom is -0.244 e. The summed E-state index contributed by atoms with van der Waals surface area (Å²) in [7, 11) is 0. The topological polar surface area (TPSA) is 30.9 Å². The Hall–Kier alpha value is -1.07. The molecule has 0 aromatic heterocycles. The van der Waals surface area contributed by atoms with E-state index in [1.54, 1.807) is 18.4 Å². The summed E-state index contributed by atoms with van der Waals surface area (Å²) in [6.07, 6.45) is 4.77. The third-order valence-corrected chi connectivity index (χ3v) is 1.51. The molecule has 0 atom stereocenters. The van der Waals surface area contributed by atoms with Crippen LogP contribution in [0.1, 0.15) is 0 Å². The van der Waals surface area contributed by atoms with Crippen molar-refractivity contribution in [1.29, 1.82) is 0 Å². The summed E-state index contributed by atoms with van der Waals surface area (Å²) < 4.78 is 12.3. The van der Waals surface area contributed by atoms with Crippen LogP contribution >= 0.6 is 11.6 Å². The van der Waals surface area contributed by atoms with E-state index in [2.05, 4.69) is 10.6 Å². The van der Waals surface area contributed by atoms with Gasteiger partial charge in [-0.1, -0.05) is 21.6 Å². The van der Waals surface area contributed by atoms with Crippen LogP contribution in [-0.4, -0.2) is 16.2 Å². The molecule has 0 saturated carbocycles. The Morgan fingerprint density at radius 1 is 1.64 bits per heavy atom. The van der Waals surface area contributed by atoms with Gasteiger partial charge in [0.05, 0.1) is 0 Å². The van der Waals surface area contributed by atoms with Crippen molar-refractivity contribution in [3.63, 3.8) is 0 Å². The predicted octanol–water partition coefficient (Wildman–Crippen LogP) is 0.872. The second-order valence-corrected chi connectivity index (χ2v) is 2.47. The molecule has 58 valence electrons. The number of nitrogens with one attached hydrogen (secondary N) is 1. The molecule has 0 fully saturated rings. The molecule has 6 heteroatoms. The number of halogens is 2. The molecule has 2 rings (SSSR count). The van der Waals surface area contributed by atoms with Crippen LogP contribution in [0.25, 0.3) is 0 Å². The van der Waals surface area contributed by atoms with Gasteiger partial charge in [-0.25, -0.2) is 5.01 Å². The molecular formula is C5H4ClFN4. The Bertz CT molecular complexity index is 272. The van der Waals surface area contributed by atoms with Crippen LogP contribution in [0.15, 0.2) is 28.5 Å². The summed E-state index contributed by atoms with van der Waals surface area (Å²) in [6, 6.07) is 0. The number of allylic oxidation sites excluding steroid dienone is 2. The highest BCUT2D eigenvalue weighted by atomic mass is 35.5. The molecule has 0 spiro atoms. The van der Waals surface area contributed by atoms with Crippen molar-refractivity contribution >= 4 is 17.4 Å². The lowest BCUT2D eigenvalue weighted by Gasteiger charge is -2.14. The maximum absolute atomic E-state index is 12.3. The van der Waals surface area contributed by atoms with Crippen LogP contribution in [0.2, 0.25) is 0 Å². The van der Waals surface area contributed by atoms with Crippen molar-refractivity contribution in [3.8, 4) is 0 Å². The minimum absolute atomic E-state index is 0.117. The first-order valence-electron chi connectivity index (χ1n) is 2.91. The fourth-order valence-corrected chi connectivity index (χ4v) is 0.980. The molecule has 0 saturated heterocycles. The largest absolute Gasteiger partial charge is 0.244 e. The number of rotatable bonds is 0. The van der Waals surface area contributed by atoms with Gasteiger partial charge in [0.2, 0.25) is 0 Å². The van der Waals surface area contributed by atoms with Crippen molar-refractivity contribution in [2.75, 3.05) is 0 Å². The van der Waals surface area contributed by atoms with Crippen LogP contribution in [0, 0.1) is 0 Å². The fourth-order valence-electron chi connectivity index (χ4n) is 0.826. The fraction of sp³-hybridized carbons (Fsp3) is 0. The molecule has 4 nitrogen and oxygen atoms in total. The Morgan fingerprint density at radius 3 is 3.27 bits per heavy atom. The lowest BCUT2D eigenvalue weighted by Crippen LogP contribution is -2.36. The molecule has 1 N–H and O–H groups in total. The van der Waals surface area contributed by atoms with Gasteiger partial charge in [-0.3, -0.25) is 0 Å². The number of hydrogen-bond donors (Lipinski definition) is 1. The monoisotopic (exact) mass is 174 g/mol. The molecule has 2 heterocycles. The molecular weight excluding hydrogens is 171 g/mol. The molecule has 0 aromatic rings. The van der Waals surface area contributed by atoms with E-state index in [1.165, 1.54) is 5.01 Å². The highest BCUT2D eigenvalue weighted by Gasteiger charge is 2.20. The summed E-state index contributed by atoms with van der Waals surface area (Å²) >= 11 is 5.63. The maximum Gasteiger partial charge on any atom is 0.174 e. The summed E-state index contributed by atoms with van der Waals surface area (Å²) in [5.41, 5.74) is 2.28. The number of fused-ring (bicyclic) bond motifs is 1. The number of hydrazine groups is 2. The Kier molecular flexibility index (Phi) is 1.33. The third-order valence-electron chi connectivity index (χ3n) is 1.28. The summed E-state index contributed by atoms with van der Waals surface area (Å²) in [6.45, 7) is 0. The zero-order valence-corrected chi connectivity index (χ0v) is 6.09. The number of hydrazone groups is 1. The summed E-state index contributed by atoms with van der Waals surface area (Å²) in [5, 5.41) is 5.50. The van der Waals surface area contributed by atoms with E-state index in [9.17, 15) is 4.48 Å². The van der Waals surface area contributed by atoms with Gasteiger partial charge in [0.25, 0.3) is 0 Å². The lowest BCUT2D eigenvalue weighted by molar-refractivity contribution is -0.0522. The van der Waals surface area contributed by atoms with E-state index in [4.69, 9.17) is 11.6 Å². The second-order valence-electron chi connectivity index (χ2n) is 2.03. The molecule has 0 aromatic carbocycles. The van der Waals surface area contributed by atoms with Crippen LogP contribution in [0.5, 0.6) is 0 Å². The quantitative estimate of drug-likeness (QED) is 0.553. The lowest BCUT2D eigenvalue weighted by atomic mass is 10.4. The number of amidine groups is 1. The number of hydrogen-bond acceptors (Lipinski definition) is 4. The highest BCUT2D eigenvalue weighted by molar-refractivity contribution is 6.33. The molecule has 11 heavy (non-hydrogen) atoms.